The number of thioether (sulfide) groups is 1. The Labute approximate surface area is 104 Å². The van der Waals surface area contributed by atoms with Gasteiger partial charge in [-0.3, -0.25) is 0 Å². The second-order valence-corrected chi connectivity index (χ2v) is 6.10. The fourth-order valence-electron chi connectivity index (χ4n) is 1.69. The minimum atomic E-state index is 0.200. The summed E-state index contributed by atoms with van der Waals surface area (Å²) in [6.45, 7) is 8.73. The van der Waals surface area contributed by atoms with Gasteiger partial charge in [0.1, 0.15) is 0 Å². The molecule has 0 fully saturated rings. The molecule has 2 heteroatoms. The minimum absolute atomic E-state index is 0.200. The van der Waals surface area contributed by atoms with Crippen molar-refractivity contribution in [2.75, 3.05) is 5.75 Å². The lowest BCUT2D eigenvalue weighted by Gasteiger charge is -2.22. The Morgan fingerprint density at radius 3 is 2.44 bits per heavy atom. The number of aryl methyl sites for hydroxylation is 1. The quantitative estimate of drug-likeness (QED) is 0.843. The van der Waals surface area contributed by atoms with E-state index in [0.29, 0.717) is 5.25 Å². The molecule has 2 unspecified atom stereocenters. The highest BCUT2D eigenvalue weighted by molar-refractivity contribution is 7.99. The molecule has 0 bridgehead atoms. The number of nitrogens with two attached hydrogens (primary N) is 1. The van der Waals surface area contributed by atoms with Gasteiger partial charge in [-0.15, -0.1) is 0 Å². The van der Waals surface area contributed by atoms with Crippen LogP contribution in [0.2, 0.25) is 0 Å². The summed E-state index contributed by atoms with van der Waals surface area (Å²) in [6, 6.07) is 8.89. The van der Waals surface area contributed by atoms with Gasteiger partial charge in [0.2, 0.25) is 0 Å². The molecule has 1 aromatic rings. The van der Waals surface area contributed by atoms with E-state index >= 15 is 0 Å². The summed E-state index contributed by atoms with van der Waals surface area (Å²) < 4.78 is 0. The van der Waals surface area contributed by atoms with Gasteiger partial charge in [-0.1, -0.05) is 43.7 Å². The largest absolute Gasteiger partial charge is 0.327 e. The molecule has 0 aliphatic heterocycles. The molecule has 1 aromatic carbocycles. The van der Waals surface area contributed by atoms with Gasteiger partial charge in [0, 0.05) is 11.3 Å². The molecule has 1 nitrogen and oxygen atoms in total. The van der Waals surface area contributed by atoms with Crippen LogP contribution in [0.25, 0.3) is 0 Å². The average Bonchev–Trinajstić information content (AvgIpc) is 2.17. The standard InChI is InChI=1S/C14H23NS/c1-10(2)9-16-14(12(4)15)13-7-5-6-11(3)8-13/h5-8,10,12,14H,9,15H2,1-4H3. The first-order valence-corrected chi connectivity index (χ1v) is 6.99. The van der Waals surface area contributed by atoms with E-state index in [0.717, 1.165) is 5.92 Å². The van der Waals surface area contributed by atoms with Crippen LogP contribution in [-0.2, 0) is 0 Å². The highest BCUT2D eigenvalue weighted by atomic mass is 32.2. The molecule has 16 heavy (non-hydrogen) atoms. The third-order valence-corrected chi connectivity index (χ3v) is 4.38. The van der Waals surface area contributed by atoms with E-state index in [2.05, 4.69) is 52.0 Å². The molecule has 0 aliphatic rings. The average molecular weight is 237 g/mol. The van der Waals surface area contributed by atoms with E-state index in [9.17, 15) is 0 Å². The molecule has 1 rings (SSSR count). The van der Waals surface area contributed by atoms with Crippen LogP contribution in [0, 0.1) is 12.8 Å². The van der Waals surface area contributed by atoms with Crippen LogP contribution < -0.4 is 5.73 Å². The van der Waals surface area contributed by atoms with Crippen LogP contribution in [0.5, 0.6) is 0 Å². The maximum Gasteiger partial charge on any atom is 0.0445 e. The van der Waals surface area contributed by atoms with Crippen molar-refractivity contribution in [2.24, 2.45) is 11.7 Å². The lowest BCUT2D eigenvalue weighted by atomic mass is 10.0. The number of hydrogen-bond donors (Lipinski definition) is 1. The third-order valence-electron chi connectivity index (χ3n) is 2.46. The Morgan fingerprint density at radius 1 is 1.25 bits per heavy atom. The predicted octanol–water partition coefficient (Wildman–Crippen LogP) is 3.77. The lowest BCUT2D eigenvalue weighted by Crippen LogP contribution is -2.23. The second-order valence-electron chi connectivity index (χ2n) is 4.92. The smallest absolute Gasteiger partial charge is 0.0445 e. The molecule has 0 amide bonds. The Kier molecular flexibility index (Phi) is 5.36. The predicted molar refractivity (Wildman–Crippen MR) is 74.9 cm³/mol. The molecule has 0 saturated heterocycles. The van der Waals surface area contributed by atoms with Gasteiger partial charge in [-0.2, -0.15) is 11.8 Å². The Morgan fingerprint density at radius 2 is 1.94 bits per heavy atom. The first-order valence-electron chi connectivity index (χ1n) is 5.94. The summed E-state index contributed by atoms with van der Waals surface area (Å²) in [5, 5.41) is 0.419. The summed E-state index contributed by atoms with van der Waals surface area (Å²) in [6.07, 6.45) is 0. The van der Waals surface area contributed by atoms with E-state index in [1.54, 1.807) is 0 Å². The minimum Gasteiger partial charge on any atom is -0.327 e. The van der Waals surface area contributed by atoms with Crippen molar-refractivity contribution in [3.8, 4) is 0 Å². The maximum atomic E-state index is 6.08. The molecular formula is C14H23NS. The number of rotatable bonds is 5. The molecule has 2 atom stereocenters. The van der Waals surface area contributed by atoms with Gasteiger partial charge in [-0.05, 0) is 31.1 Å². The fraction of sp³-hybridized carbons (Fsp3) is 0.571. The number of hydrogen-bond acceptors (Lipinski definition) is 2. The fourth-order valence-corrected chi connectivity index (χ4v) is 2.93. The zero-order chi connectivity index (χ0) is 12.1. The Balaban J connectivity index is 2.77. The first kappa shape index (κ1) is 13.6. The second kappa shape index (κ2) is 6.31. The highest BCUT2D eigenvalue weighted by Crippen LogP contribution is 2.32. The van der Waals surface area contributed by atoms with E-state index in [1.807, 2.05) is 11.8 Å². The zero-order valence-electron chi connectivity index (χ0n) is 10.7. The molecule has 0 saturated carbocycles. The third kappa shape index (κ3) is 4.18. The SMILES string of the molecule is Cc1cccc(C(SCC(C)C)C(C)N)c1. The van der Waals surface area contributed by atoms with Crippen LogP contribution in [-0.4, -0.2) is 11.8 Å². The van der Waals surface area contributed by atoms with Crippen molar-refractivity contribution in [3.05, 3.63) is 35.4 Å². The first-order chi connectivity index (χ1) is 7.50. The topological polar surface area (TPSA) is 26.0 Å². The van der Waals surface area contributed by atoms with E-state index in [4.69, 9.17) is 5.73 Å². The molecule has 2 N–H and O–H groups in total. The van der Waals surface area contributed by atoms with Crippen molar-refractivity contribution < 1.29 is 0 Å². The molecule has 90 valence electrons. The van der Waals surface area contributed by atoms with E-state index in [1.165, 1.54) is 16.9 Å². The van der Waals surface area contributed by atoms with Crippen molar-refractivity contribution in [3.63, 3.8) is 0 Å². The maximum absolute atomic E-state index is 6.08. The summed E-state index contributed by atoms with van der Waals surface area (Å²) in [5.74, 6) is 1.89. The van der Waals surface area contributed by atoms with Crippen molar-refractivity contribution >= 4 is 11.8 Å². The number of benzene rings is 1. The van der Waals surface area contributed by atoms with Gasteiger partial charge in [0.15, 0.2) is 0 Å². The zero-order valence-corrected chi connectivity index (χ0v) is 11.6. The van der Waals surface area contributed by atoms with Crippen LogP contribution in [0.1, 0.15) is 37.1 Å². The molecule has 0 spiro atoms. The summed E-state index contributed by atoms with van der Waals surface area (Å²) >= 11 is 1.97. The van der Waals surface area contributed by atoms with E-state index in [-0.39, 0.29) is 6.04 Å². The van der Waals surface area contributed by atoms with Gasteiger partial charge in [0.25, 0.3) is 0 Å². The molecule has 0 aromatic heterocycles. The van der Waals surface area contributed by atoms with Gasteiger partial charge in [0.05, 0.1) is 0 Å². The van der Waals surface area contributed by atoms with Gasteiger partial charge < -0.3 is 5.73 Å². The van der Waals surface area contributed by atoms with Crippen LogP contribution in [0.3, 0.4) is 0 Å². The van der Waals surface area contributed by atoms with Crippen molar-refractivity contribution in [2.45, 2.75) is 39.0 Å². The highest BCUT2D eigenvalue weighted by Gasteiger charge is 2.17. The van der Waals surface area contributed by atoms with Gasteiger partial charge >= 0.3 is 0 Å². The van der Waals surface area contributed by atoms with Crippen LogP contribution >= 0.6 is 11.8 Å². The monoisotopic (exact) mass is 237 g/mol. The summed E-state index contributed by atoms with van der Waals surface area (Å²) in [7, 11) is 0. The molecular weight excluding hydrogens is 214 g/mol. The normalized spacial score (nSPS) is 15.1. The van der Waals surface area contributed by atoms with Gasteiger partial charge in [-0.25, -0.2) is 0 Å². The van der Waals surface area contributed by atoms with Crippen LogP contribution in [0.15, 0.2) is 24.3 Å². The van der Waals surface area contributed by atoms with E-state index < -0.39 is 0 Å². The molecule has 0 heterocycles. The van der Waals surface area contributed by atoms with Crippen molar-refractivity contribution in [1.29, 1.82) is 0 Å². The molecule has 0 aliphatic carbocycles. The summed E-state index contributed by atoms with van der Waals surface area (Å²) in [5.41, 5.74) is 8.76. The Hall–Kier alpha value is -0.470. The lowest BCUT2D eigenvalue weighted by molar-refractivity contribution is 0.706. The summed E-state index contributed by atoms with van der Waals surface area (Å²) in [4.78, 5) is 0. The van der Waals surface area contributed by atoms with Crippen molar-refractivity contribution in [1.82, 2.24) is 0 Å². The Bertz CT molecular complexity index is 320. The van der Waals surface area contributed by atoms with Crippen LogP contribution in [0.4, 0.5) is 0 Å². The molecule has 0 radical (unpaired) electrons.